The van der Waals surface area contributed by atoms with E-state index in [1.807, 2.05) is 0 Å². The second kappa shape index (κ2) is 5.97. The molecule has 0 unspecified atom stereocenters. The van der Waals surface area contributed by atoms with Crippen molar-refractivity contribution in [3.05, 3.63) is 27.6 Å². The SMILES string of the molecule is Cc1c(Br)sc(Sc2sc(Br)c(C)c2Br)c1Br. The largest absolute Gasteiger partial charge is 0.120 e. The van der Waals surface area contributed by atoms with E-state index in [2.05, 4.69) is 77.6 Å². The molecule has 0 radical (unpaired) electrons. The molecule has 92 valence electrons. The summed E-state index contributed by atoms with van der Waals surface area (Å²) in [6.07, 6.45) is 0. The molecule has 0 atom stereocenters. The van der Waals surface area contributed by atoms with Crippen LogP contribution in [0.4, 0.5) is 0 Å². The highest BCUT2D eigenvalue weighted by Gasteiger charge is 2.17. The Morgan fingerprint density at radius 3 is 1.35 bits per heavy atom. The minimum absolute atomic E-state index is 1.19. The maximum Gasteiger partial charge on any atom is 0.0811 e. The first-order valence-electron chi connectivity index (χ1n) is 4.48. The zero-order chi connectivity index (χ0) is 12.7. The summed E-state index contributed by atoms with van der Waals surface area (Å²) in [5.41, 5.74) is 2.53. The van der Waals surface area contributed by atoms with Crippen LogP contribution in [0, 0.1) is 13.8 Å². The lowest BCUT2D eigenvalue weighted by molar-refractivity contribution is 1.41. The molecule has 0 fully saturated rings. The van der Waals surface area contributed by atoms with E-state index in [4.69, 9.17) is 0 Å². The first kappa shape index (κ1) is 15.1. The van der Waals surface area contributed by atoms with E-state index in [-0.39, 0.29) is 0 Å². The van der Waals surface area contributed by atoms with Gasteiger partial charge in [0.2, 0.25) is 0 Å². The number of thiophene rings is 2. The Hall–Kier alpha value is 1.67. The summed E-state index contributed by atoms with van der Waals surface area (Å²) in [7, 11) is 0. The van der Waals surface area contributed by atoms with Crippen molar-refractivity contribution in [3.8, 4) is 0 Å². The molecule has 0 aliphatic heterocycles. The highest BCUT2D eigenvalue weighted by atomic mass is 79.9. The number of hydrogen-bond donors (Lipinski definition) is 0. The standard InChI is InChI=1S/C10H6Br4S3/c1-3-5(11)9(15-7(3)13)17-10-6(12)4(2)8(14)16-10/h1-2H3. The Morgan fingerprint density at radius 2 is 1.12 bits per heavy atom. The average molecular weight is 542 g/mol. The van der Waals surface area contributed by atoms with E-state index in [1.54, 1.807) is 34.4 Å². The molecule has 0 bridgehead atoms. The fourth-order valence-electron chi connectivity index (χ4n) is 1.10. The van der Waals surface area contributed by atoms with Crippen LogP contribution in [0.2, 0.25) is 0 Å². The normalized spacial score (nSPS) is 11.2. The molecule has 7 heteroatoms. The number of hydrogen-bond acceptors (Lipinski definition) is 3. The van der Waals surface area contributed by atoms with Crippen molar-refractivity contribution in [2.45, 2.75) is 22.3 Å². The Bertz CT molecular complexity index is 520. The summed E-state index contributed by atoms with van der Waals surface area (Å²) in [5, 5.41) is 0. The van der Waals surface area contributed by atoms with Crippen molar-refractivity contribution in [3.63, 3.8) is 0 Å². The summed E-state index contributed by atoms with van der Waals surface area (Å²) in [4.78, 5) is 0. The summed E-state index contributed by atoms with van der Waals surface area (Å²) in [5.74, 6) is 0. The molecule has 2 aromatic heterocycles. The summed E-state index contributed by atoms with van der Waals surface area (Å²) in [6, 6.07) is 0. The first-order chi connectivity index (χ1) is 7.91. The summed E-state index contributed by atoms with van der Waals surface area (Å²) >= 11 is 19.8. The predicted molar refractivity (Wildman–Crippen MR) is 93.0 cm³/mol. The van der Waals surface area contributed by atoms with Gasteiger partial charge < -0.3 is 0 Å². The Morgan fingerprint density at radius 1 is 0.765 bits per heavy atom. The molecule has 17 heavy (non-hydrogen) atoms. The molecular formula is C10H6Br4S3. The third kappa shape index (κ3) is 3.06. The van der Waals surface area contributed by atoms with E-state index in [9.17, 15) is 0 Å². The van der Waals surface area contributed by atoms with Crippen LogP contribution < -0.4 is 0 Å². The molecule has 0 aliphatic carbocycles. The van der Waals surface area contributed by atoms with Gasteiger partial charge in [0, 0.05) is 8.95 Å². The predicted octanol–water partition coefficient (Wildman–Crippen LogP) is 7.63. The smallest absolute Gasteiger partial charge is 0.0811 e. The second-order valence-electron chi connectivity index (χ2n) is 3.31. The van der Waals surface area contributed by atoms with Crippen molar-refractivity contribution in [1.82, 2.24) is 0 Å². The van der Waals surface area contributed by atoms with Crippen LogP contribution in [-0.2, 0) is 0 Å². The topological polar surface area (TPSA) is 0 Å². The zero-order valence-corrected chi connectivity index (χ0v) is 17.5. The molecule has 0 spiro atoms. The molecule has 0 N–H and O–H groups in total. The fraction of sp³-hybridized carbons (Fsp3) is 0.200. The molecule has 2 aromatic rings. The summed E-state index contributed by atoms with van der Waals surface area (Å²) in [6.45, 7) is 4.22. The van der Waals surface area contributed by atoms with Crippen LogP contribution in [0.25, 0.3) is 0 Å². The number of rotatable bonds is 2. The van der Waals surface area contributed by atoms with Crippen LogP contribution in [0.5, 0.6) is 0 Å². The molecule has 0 nitrogen and oxygen atoms in total. The Kier molecular flexibility index (Phi) is 5.29. The Labute approximate surface area is 146 Å². The molecule has 0 aliphatic rings. The highest BCUT2D eigenvalue weighted by Crippen LogP contribution is 2.50. The lowest BCUT2D eigenvalue weighted by atomic mass is 10.4. The van der Waals surface area contributed by atoms with Crippen LogP contribution in [0.15, 0.2) is 24.9 Å². The van der Waals surface area contributed by atoms with Gasteiger partial charge in [-0.05, 0) is 88.7 Å². The van der Waals surface area contributed by atoms with E-state index in [0.29, 0.717) is 0 Å². The van der Waals surface area contributed by atoms with Crippen LogP contribution >= 0.6 is 98.2 Å². The monoisotopic (exact) mass is 538 g/mol. The minimum Gasteiger partial charge on any atom is -0.120 e. The van der Waals surface area contributed by atoms with E-state index in [0.717, 1.165) is 0 Å². The van der Waals surface area contributed by atoms with Gasteiger partial charge in [-0.15, -0.1) is 22.7 Å². The quantitative estimate of drug-likeness (QED) is 0.377. The van der Waals surface area contributed by atoms with Gasteiger partial charge in [0.1, 0.15) is 0 Å². The molecule has 2 heterocycles. The average Bonchev–Trinajstić information content (AvgIpc) is 2.66. The molecular weight excluding hydrogens is 536 g/mol. The van der Waals surface area contributed by atoms with Crippen LogP contribution in [-0.4, -0.2) is 0 Å². The van der Waals surface area contributed by atoms with Crippen LogP contribution in [0.3, 0.4) is 0 Å². The lowest BCUT2D eigenvalue weighted by Gasteiger charge is -1.97. The molecule has 2 rings (SSSR count). The van der Waals surface area contributed by atoms with Gasteiger partial charge >= 0.3 is 0 Å². The van der Waals surface area contributed by atoms with Gasteiger partial charge in [-0.3, -0.25) is 0 Å². The number of halogens is 4. The van der Waals surface area contributed by atoms with Gasteiger partial charge in [0.05, 0.1) is 16.0 Å². The maximum atomic E-state index is 3.65. The summed E-state index contributed by atoms with van der Waals surface area (Å²) < 4.78 is 7.32. The lowest BCUT2D eigenvalue weighted by Crippen LogP contribution is -1.69. The molecule has 0 saturated heterocycles. The van der Waals surface area contributed by atoms with Crippen molar-refractivity contribution in [2.24, 2.45) is 0 Å². The first-order valence-corrected chi connectivity index (χ1v) is 10.1. The van der Waals surface area contributed by atoms with Gasteiger partial charge in [-0.1, -0.05) is 11.8 Å². The fourth-order valence-corrected chi connectivity index (χ4v) is 8.74. The van der Waals surface area contributed by atoms with E-state index >= 15 is 0 Å². The van der Waals surface area contributed by atoms with Crippen molar-refractivity contribution >= 4 is 98.2 Å². The zero-order valence-electron chi connectivity index (χ0n) is 8.74. The van der Waals surface area contributed by atoms with Gasteiger partial charge in [0.25, 0.3) is 0 Å². The third-order valence-electron chi connectivity index (χ3n) is 2.16. The minimum atomic E-state index is 1.19. The second-order valence-corrected chi connectivity index (χ2v) is 11.1. The molecule has 0 aromatic carbocycles. The van der Waals surface area contributed by atoms with Gasteiger partial charge in [-0.25, -0.2) is 0 Å². The molecule has 0 saturated carbocycles. The Balaban J connectivity index is 2.38. The highest BCUT2D eigenvalue weighted by molar-refractivity contribution is 9.12. The van der Waals surface area contributed by atoms with Crippen LogP contribution in [0.1, 0.15) is 11.1 Å². The van der Waals surface area contributed by atoms with E-state index < -0.39 is 0 Å². The van der Waals surface area contributed by atoms with Crippen molar-refractivity contribution in [1.29, 1.82) is 0 Å². The maximum absolute atomic E-state index is 3.65. The van der Waals surface area contributed by atoms with Gasteiger partial charge in [-0.2, -0.15) is 0 Å². The van der Waals surface area contributed by atoms with Gasteiger partial charge in [0.15, 0.2) is 0 Å². The third-order valence-corrected chi connectivity index (χ3v) is 10.9. The van der Waals surface area contributed by atoms with Crippen molar-refractivity contribution in [2.75, 3.05) is 0 Å². The van der Waals surface area contributed by atoms with Crippen molar-refractivity contribution < 1.29 is 0 Å². The molecule has 0 amide bonds. The van der Waals surface area contributed by atoms with E-state index in [1.165, 1.54) is 36.1 Å².